The summed E-state index contributed by atoms with van der Waals surface area (Å²) >= 11 is 0. The number of aliphatic carboxylic acids is 1. The van der Waals surface area contributed by atoms with E-state index in [0.29, 0.717) is 17.7 Å². The quantitative estimate of drug-likeness (QED) is 0.792. The molecule has 1 saturated heterocycles. The van der Waals surface area contributed by atoms with Crippen molar-refractivity contribution in [3.8, 4) is 11.1 Å². The highest BCUT2D eigenvalue weighted by molar-refractivity contribution is 5.86. The molecule has 0 spiro atoms. The van der Waals surface area contributed by atoms with E-state index < -0.39 is 18.8 Å². The van der Waals surface area contributed by atoms with Gasteiger partial charge >= 0.3 is 5.97 Å². The third kappa shape index (κ3) is 4.35. The smallest absolute Gasteiger partial charge is 0.329 e. The third-order valence-corrected chi connectivity index (χ3v) is 4.46. The fraction of sp³-hybridized carbons (Fsp3) is 0.300. The van der Waals surface area contributed by atoms with Crippen molar-refractivity contribution < 1.29 is 19.7 Å². The summed E-state index contributed by atoms with van der Waals surface area (Å²) in [7, 11) is 0. The first-order valence-corrected chi connectivity index (χ1v) is 8.47. The number of rotatable bonds is 7. The number of carboxylic acids is 1. The lowest BCUT2D eigenvalue weighted by Gasteiger charge is -2.37. The Balaban J connectivity index is 1.69. The predicted octanol–water partition coefficient (Wildman–Crippen LogP) is 1.91. The van der Waals surface area contributed by atoms with E-state index in [0.717, 1.165) is 11.1 Å². The highest BCUT2D eigenvalue weighted by atomic mass is 16.5. The molecule has 2 aromatic rings. The number of likely N-dealkylation sites (tertiary alicyclic amines) is 1. The van der Waals surface area contributed by atoms with Crippen molar-refractivity contribution in [2.24, 2.45) is 0 Å². The molecule has 0 aromatic heterocycles. The molecular weight excluding hydrogens is 332 g/mol. The van der Waals surface area contributed by atoms with Gasteiger partial charge in [0, 0.05) is 24.7 Å². The first-order chi connectivity index (χ1) is 12.5. The maximum absolute atomic E-state index is 12.9. The van der Waals surface area contributed by atoms with E-state index in [1.165, 1.54) is 0 Å². The maximum Gasteiger partial charge on any atom is 0.329 e. The highest BCUT2D eigenvalue weighted by Crippen LogP contribution is 2.27. The van der Waals surface area contributed by atoms with Gasteiger partial charge in [-0.05, 0) is 22.9 Å². The molecule has 1 aliphatic heterocycles. The summed E-state index contributed by atoms with van der Waals surface area (Å²) in [6.45, 7) is 0.0260. The normalized spacial score (nSPS) is 18.8. The van der Waals surface area contributed by atoms with Gasteiger partial charge in [-0.15, -0.1) is 0 Å². The largest absolute Gasteiger partial charge is 0.837 e. The molecule has 1 aliphatic rings. The topological polar surface area (TPSA) is 96.7 Å². The van der Waals surface area contributed by atoms with Crippen LogP contribution in [-0.2, 0) is 9.53 Å². The molecule has 0 amide bonds. The lowest BCUT2D eigenvalue weighted by atomic mass is 10.0. The van der Waals surface area contributed by atoms with E-state index in [9.17, 15) is 9.90 Å². The molecule has 2 atom stereocenters. The molecule has 0 radical (unpaired) electrons. The number of ether oxygens (including phenoxy) is 1. The minimum Gasteiger partial charge on any atom is -0.837 e. The van der Waals surface area contributed by atoms with Crippen molar-refractivity contribution in [1.82, 2.24) is 4.90 Å². The van der Waals surface area contributed by atoms with Crippen molar-refractivity contribution in [1.29, 1.82) is 5.41 Å². The van der Waals surface area contributed by atoms with E-state index in [4.69, 9.17) is 15.3 Å². The van der Waals surface area contributed by atoms with Crippen molar-refractivity contribution in [3.63, 3.8) is 0 Å². The molecule has 1 heterocycles. The Morgan fingerprint density at radius 2 is 1.85 bits per heavy atom. The Labute approximate surface area is 152 Å². The zero-order chi connectivity index (χ0) is 18.5. The summed E-state index contributed by atoms with van der Waals surface area (Å²) in [6.07, 6.45) is -0.679. The second-order valence-corrected chi connectivity index (χ2v) is 6.38. The Morgan fingerprint density at radius 1 is 1.19 bits per heavy atom. The second kappa shape index (κ2) is 8.23. The number of carbonyl (C=O) groups is 1. The van der Waals surface area contributed by atoms with Gasteiger partial charge in [0.15, 0.2) is 0 Å². The first kappa shape index (κ1) is 18.3. The van der Waals surface area contributed by atoms with Crippen LogP contribution in [0.1, 0.15) is 18.2 Å². The van der Waals surface area contributed by atoms with Crippen molar-refractivity contribution in [3.05, 3.63) is 60.2 Å². The van der Waals surface area contributed by atoms with Gasteiger partial charge in [0.2, 0.25) is 0 Å². The van der Waals surface area contributed by atoms with Gasteiger partial charge in [-0.25, -0.2) is 4.79 Å². The van der Waals surface area contributed by atoms with Crippen molar-refractivity contribution in [2.75, 3.05) is 19.8 Å². The van der Waals surface area contributed by atoms with E-state index in [2.05, 4.69) is 0 Å². The van der Waals surface area contributed by atoms with Crippen molar-refractivity contribution >= 4 is 11.7 Å². The molecule has 6 nitrogen and oxygen atoms in total. The van der Waals surface area contributed by atoms with Crippen LogP contribution >= 0.6 is 0 Å². The molecule has 2 N–H and O–H groups in total. The van der Waals surface area contributed by atoms with Gasteiger partial charge < -0.3 is 25.3 Å². The fourth-order valence-corrected chi connectivity index (χ4v) is 3.19. The Hall–Kier alpha value is -2.54. The lowest BCUT2D eigenvalue weighted by Crippen LogP contribution is -2.42. The fourth-order valence-electron chi connectivity index (χ4n) is 3.19. The molecular formula is C20H21N2O4-. The molecule has 136 valence electrons. The van der Waals surface area contributed by atoms with Crippen molar-refractivity contribution in [2.45, 2.75) is 18.7 Å². The van der Waals surface area contributed by atoms with Gasteiger partial charge in [0.05, 0.1) is 6.61 Å². The van der Waals surface area contributed by atoms with E-state index in [1.807, 2.05) is 54.6 Å². The van der Waals surface area contributed by atoms with Crippen LogP contribution in [0.4, 0.5) is 0 Å². The van der Waals surface area contributed by atoms with E-state index in [1.54, 1.807) is 4.90 Å². The molecule has 3 rings (SSSR count). The van der Waals surface area contributed by atoms with Crippen LogP contribution in [0.25, 0.3) is 11.1 Å². The number of hydrogen-bond donors (Lipinski definition) is 2. The van der Waals surface area contributed by atoms with Gasteiger partial charge in [-0.3, -0.25) is 0 Å². The molecule has 2 unspecified atom stereocenters. The number of benzene rings is 2. The molecule has 26 heavy (non-hydrogen) atoms. The van der Waals surface area contributed by atoms with Crippen LogP contribution in [0.2, 0.25) is 0 Å². The summed E-state index contributed by atoms with van der Waals surface area (Å²) in [4.78, 5) is 12.2. The zero-order valence-corrected chi connectivity index (χ0v) is 14.3. The maximum atomic E-state index is 12.9. The summed E-state index contributed by atoms with van der Waals surface area (Å²) in [5, 5.41) is 29.4. The number of nitrogens with zero attached hydrogens (tertiary/aromatic N) is 1. The minimum absolute atomic E-state index is 0.134. The summed E-state index contributed by atoms with van der Waals surface area (Å²) in [5.41, 5.74) is 3.22. The average molecular weight is 353 g/mol. The predicted molar refractivity (Wildman–Crippen MR) is 95.9 cm³/mol. The van der Waals surface area contributed by atoms with Gasteiger partial charge in [-0.1, -0.05) is 54.6 Å². The van der Waals surface area contributed by atoms with E-state index in [-0.39, 0.29) is 19.2 Å². The Kier molecular flexibility index (Phi) is 5.78. The molecule has 1 fully saturated rings. The van der Waals surface area contributed by atoms with E-state index >= 15 is 0 Å². The van der Waals surface area contributed by atoms with Crippen LogP contribution in [0.3, 0.4) is 0 Å². The number of nitrogens with one attached hydrogen (secondary N) is 1. The van der Waals surface area contributed by atoms with Crippen LogP contribution < -0.4 is 5.11 Å². The SMILES string of the molecule is N=C1CC(COCC(=O)O)N(C([O-])c2ccc(-c3ccccc3)cc2)C1. The highest BCUT2D eigenvalue weighted by Gasteiger charge is 2.30. The second-order valence-electron chi connectivity index (χ2n) is 6.38. The first-order valence-electron chi connectivity index (χ1n) is 8.47. The summed E-state index contributed by atoms with van der Waals surface area (Å²) < 4.78 is 5.14. The minimum atomic E-state index is -1.11. The average Bonchev–Trinajstić information content (AvgIpc) is 3.02. The molecule has 0 bridgehead atoms. The monoisotopic (exact) mass is 353 g/mol. The van der Waals surface area contributed by atoms with Crippen LogP contribution in [0, 0.1) is 5.41 Å². The molecule has 2 aromatic carbocycles. The van der Waals surface area contributed by atoms with Crippen LogP contribution in [0.15, 0.2) is 54.6 Å². The van der Waals surface area contributed by atoms with Gasteiger partial charge in [0.25, 0.3) is 0 Å². The summed E-state index contributed by atoms with van der Waals surface area (Å²) in [5.74, 6) is -1.04. The molecule has 0 saturated carbocycles. The lowest BCUT2D eigenvalue weighted by molar-refractivity contribution is -0.467. The zero-order valence-electron chi connectivity index (χ0n) is 14.3. The number of carboxylic acid groups (broad SMARTS) is 1. The number of hydrogen-bond acceptors (Lipinski definition) is 5. The summed E-state index contributed by atoms with van der Waals surface area (Å²) in [6, 6.07) is 17.1. The molecule has 6 heteroatoms. The van der Waals surface area contributed by atoms with Gasteiger partial charge in [-0.2, -0.15) is 0 Å². The van der Waals surface area contributed by atoms with Crippen LogP contribution in [0.5, 0.6) is 0 Å². The standard InChI is InChI=1S/C20H21N2O4/c21-17-10-18(12-26-13-19(23)24)22(11-17)20(25)16-8-6-15(7-9-16)14-4-2-1-3-5-14/h1-9,18,20-21H,10-13H2,(H,23,24)/q-1. The molecule has 0 aliphatic carbocycles. The third-order valence-electron chi connectivity index (χ3n) is 4.46. The Morgan fingerprint density at radius 3 is 2.50 bits per heavy atom. The van der Waals surface area contributed by atoms with Gasteiger partial charge in [0.1, 0.15) is 6.61 Å². The Bertz CT molecular complexity index is 761. The van der Waals surface area contributed by atoms with Crippen LogP contribution in [-0.4, -0.2) is 47.5 Å².